The minimum atomic E-state index is -1.00. The molecule has 2 rings (SSSR count). The summed E-state index contributed by atoms with van der Waals surface area (Å²) in [5, 5.41) is 13.6. The van der Waals surface area contributed by atoms with Crippen LogP contribution in [0.15, 0.2) is 24.3 Å². The minimum absolute atomic E-state index is 0.491. The van der Waals surface area contributed by atoms with Gasteiger partial charge in [0, 0.05) is 16.8 Å². The molecule has 0 aliphatic heterocycles. The topological polar surface area (TPSA) is 55.1 Å². The zero-order chi connectivity index (χ0) is 14.9. The number of aliphatic carboxylic acids is 1. The maximum absolute atomic E-state index is 10.5. The molecule has 1 N–H and O–H groups in total. The van der Waals surface area contributed by atoms with Gasteiger partial charge in [0.2, 0.25) is 0 Å². The van der Waals surface area contributed by atoms with Gasteiger partial charge >= 0.3 is 5.97 Å². The molecule has 104 valence electrons. The van der Waals surface area contributed by atoms with Crippen molar-refractivity contribution in [2.45, 2.75) is 20.8 Å². The van der Waals surface area contributed by atoms with Crippen molar-refractivity contribution >= 4 is 23.6 Å². The molecule has 1 heterocycles. The Kier molecular flexibility index (Phi) is 3.95. The molecule has 1 aromatic heterocycles. The quantitative estimate of drug-likeness (QED) is 0.880. The third-order valence-electron chi connectivity index (χ3n) is 3.29. The Bertz CT molecular complexity index is 702. The highest BCUT2D eigenvalue weighted by molar-refractivity contribution is 6.32. The number of rotatable bonds is 3. The fraction of sp³-hybridized carbons (Fsp3) is 0.200. The highest BCUT2D eigenvalue weighted by atomic mass is 35.5. The highest BCUT2D eigenvalue weighted by Crippen LogP contribution is 2.23. The van der Waals surface area contributed by atoms with Crippen LogP contribution < -0.4 is 0 Å². The van der Waals surface area contributed by atoms with Gasteiger partial charge in [0.05, 0.1) is 11.4 Å². The molecule has 0 aliphatic carbocycles. The number of aryl methyl sites for hydroxylation is 1. The number of halogens is 1. The first-order valence-corrected chi connectivity index (χ1v) is 6.51. The van der Waals surface area contributed by atoms with Crippen molar-refractivity contribution in [3.63, 3.8) is 0 Å². The molecule has 2 aromatic rings. The Morgan fingerprint density at radius 1 is 1.35 bits per heavy atom. The smallest absolute Gasteiger partial charge is 0.328 e. The molecular weight excluding hydrogens is 276 g/mol. The number of nitrogens with zero attached hydrogens (tertiary/aromatic N) is 2. The third kappa shape index (κ3) is 2.75. The standard InChI is InChI=1S/C15H15ClN2O2/c1-9-10(2)17-18(11(9)3)13-6-4-12(14(16)8-13)5-7-15(19)20/h4-8H,1-3H3,(H,19,20)/b7-5+. The fourth-order valence-electron chi connectivity index (χ4n) is 1.92. The van der Waals surface area contributed by atoms with Gasteiger partial charge in [-0.1, -0.05) is 17.7 Å². The molecule has 0 radical (unpaired) electrons. The van der Waals surface area contributed by atoms with E-state index in [1.165, 1.54) is 6.08 Å². The molecular formula is C15H15ClN2O2. The van der Waals surface area contributed by atoms with E-state index < -0.39 is 5.97 Å². The molecule has 0 fully saturated rings. The SMILES string of the molecule is Cc1nn(-c2ccc(/C=C/C(=O)O)c(Cl)c2)c(C)c1C. The van der Waals surface area contributed by atoms with E-state index in [4.69, 9.17) is 16.7 Å². The van der Waals surface area contributed by atoms with Crippen molar-refractivity contribution in [2.75, 3.05) is 0 Å². The van der Waals surface area contributed by atoms with Crippen LogP contribution in [0, 0.1) is 20.8 Å². The zero-order valence-corrected chi connectivity index (χ0v) is 12.3. The van der Waals surface area contributed by atoms with Gasteiger partial charge in [-0.15, -0.1) is 0 Å². The molecule has 0 saturated heterocycles. The second-order valence-corrected chi connectivity index (χ2v) is 4.99. The van der Waals surface area contributed by atoms with Gasteiger partial charge in [0.15, 0.2) is 0 Å². The van der Waals surface area contributed by atoms with Crippen LogP contribution in [0.2, 0.25) is 5.02 Å². The lowest BCUT2D eigenvalue weighted by Gasteiger charge is -2.07. The Hall–Kier alpha value is -2.07. The number of benzene rings is 1. The predicted octanol–water partition coefficient (Wildman–Crippen LogP) is 3.55. The zero-order valence-electron chi connectivity index (χ0n) is 11.5. The van der Waals surface area contributed by atoms with Gasteiger partial charge in [-0.05, 0) is 50.1 Å². The number of carboxylic acids is 1. The van der Waals surface area contributed by atoms with Crippen molar-refractivity contribution in [1.29, 1.82) is 0 Å². The molecule has 20 heavy (non-hydrogen) atoms. The molecule has 1 aromatic carbocycles. The summed E-state index contributed by atoms with van der Waals surface area (Å²) >= 11 is 6.18. The van der Waals surface area contributed by atoms with Crippen LogP contribution >= 0.6 is 11.6 Å². The molecule has 4 nitrogen and oxygen atoms in total. The molecule has 0 amide bonds. The van der Waals surface area contributed by atoms with Gasteiger partial charge < -0.3 is 5.11 Å². The van der Waals surface area contributed by atoms with Crippen LogP contribution in [0.4, 0.5) is 0 Å². The van der Waals surface area contributed by atoms with Gasteiger partial charge in [-0.2, -0.15) is 5.10 Å². The molecule has 0 unspecified atom stereocenters. The van der Waals surface area contributed by atoms with E-state index in [-0.39, 0.29) is 0 Å². The van der Waals surface area contributed by atoms with E-state index in [0.29, 0.717) is 10.6 Å². The lowest BCUT2D eigenvalue weighted by Crippen LogP contribution is -1.99. The Balaban J connectivity index is 2.43. The number of carbonyl (C=O) groups is 1. The molecule has 0 bridgehead atoms. The number of hydrogen-bond donors (Lipinski definition) is 1. The fourth-order valence-corrected chi connectivity index (χ4v) is 2.15. The molecule has 0 aliphatic rings. The molecule has 0 saturated carbocycles. The van der Waals surface area contributed by atoms with Crippen LogP contribution in [0.3, 0.4) is 0 Å². The summed E-state index contributed by atoms with van der Waals surface area (Å²) in [6.45, 7) is 5.99. The van der Waals surface area contributed by atoms with E-state index in [0.717, 1.165) is 28.7 Å². The van der Waals surface area contributed by atoms with Crippen molar-refractivity contribution in [1.82, 2.24) is 9.78 Å². The first kappa shape index (κ1) is 14.3. The summed E-state index contributed by atoms with van der Waals surface area (Å²) in [7, 11) is 0. The normalized spacial score (nSPS) is 11.2. The van der Waals surface area contributed by atoms with Crippen molar-refractivity contribution < 1.29 is 9.90 Å². The van der Waals surface area contributed by atoms with Gasteiger partial charge in [0.1, 0.15) is 0 Å². The predicted molar refractivity (Wildman–Crippen MR) is 79.5 cm³/mol. The van der Waals surface area contributed by atoms with Crippen molar-refractivity contribution in [2.24, 2.45) is 0 Å². The van der Waals surface area contributed by atoms with Crippen molar-refractivity contribution in [3.05, 3.63) is 51.8 Å². The first-order valence-electron chi connectivity index (χ1n) is 6.14. The number of aromatic nitrogens is 2. The second-order valence-electron chi connectivity index (χ2n) is 4.59. The summed E-state index contributed by atoms with van der Waals surface area (Å²) in [4.78, 5) is 10.5. The van der Waals surface area contributed by atoms with Crippen LogP contribution in [-0.2, 0) is 4.79 Å². The maximum Gasteiger partial charge on any atom is 0.328 e. The van der Waals surface area contributed by atoms with E-state index in [1.54, 1.807) is 12.1 Å². The lowest BCUT2D eigenvalue weighted by molar-refractivity contribution is -0.131. The Morgan fingerprint density at radius 2 is 2.05 bits per heavy atom. The third-order valence-corrected chi connectivity index (χ3v) is 3.61. The van der Waals surface area contributed by atoms with E-state index in [1.807, 2.05) is 31.5 Å². The van der Waals surface area contributed by atoms with E-state index >= 15 is 0 Å². The lowest BCUT2D eigenvalue weighted by atomic mass is 10.2. The summed E-state index contributed by atoms with van der Waals surface area (Å²) in [5.74, 6) is -1.00. The largest absolute Gasteiger partial charge is 0.478 e. The van der Waals surface area contributed by atoms with Gasteiger partial charge in [-0.25, -0.2) is 9.48 Å². The average molecular weight is 291 g/mol. The molecule has 0 spiro atoms. The van der Waals surface area contributed by atoms with Crippen LogP contribution in [0.25, 0.3) is 11.8 Å². The number of carboxylic acid groups (broad SMARTS) is 1. The summed E-state index contributed by atoms with van der Waals surface area (Å²) in [6.07, 6.45) is 2.54. The van der Waals surface area contributed by atoms with Crippen molar-refractivity contribution in [3.8, 4) is 5.69 Å². The van der Waals surface area contributed by atoms with Crippen LogP contribution in [-0.4, -0.2) is 20.9 Å². The summed E-state index contributed by atoms with van der Waals surface area (Å²) < 4.78 is 1.83. The van der Waals surface area contributed by atoms with E-state index in [2.05, 4.69) is 5.10 Å². The number of hydrogen-bond acceptors (Lipinski definition) is 2. The summed E-state index contributed by atoms with van der Waals surface area (Å²) in [5.41, 5.74) is 4.71. The molecule has 0 atom stereocenters. The van der Waals surface area contributed by atoms with Gasteiger partial charge in [-0.3, -0.25) is 0 Å². The maximum atomic E-state index is 10.5. The first-order chi connectivity index (χ1) is 9.40. The van der Waals surface area contributed by atoms with Crippen LogP contribution in [0.1, 0.15) is 22.5 Å². The van der Waals surface area contributed by atoms with E-state index in [9.17, 15) is 4.79 Å². The molecule has 5 heteroatoms. The monoisotopic (exact) mass is 290 g/mol. The summed E-state index contributed by atoms with van der Waals surface area (Å²) in [6, 6.07) is 5.43. The highest BCUT2D eigenvalue weighted by Gasteiger charge is 2.10. The second kappa shape index (κ2) is 5.51. The minimum Gasteiger partial charge on any atom is -0.478 e. The van der Waals surface area contributed by atoms with Gasteiger partial charge in [0.25, 0.3) is 0 Å². The Labute approximate surface area is 122 Å². The Morgan fingerprint density at radius 3 is 2.55 bits per heavy atom. The van der Waals surface area contributed by atoms with Crippen LogP contribution in [0.5, 0.6) is 0 Å². The average Bonchev–Trinajstić information content (AvgIpc) is 2.65.